The summed E-state index contributed by atoms with van der Waals surface area (Å²) in [6.45, 7) is 5.09. The lowest BCUT2D eigenvalue weighted by Crippen LogP contribution is -2.54. The number of amides is 1. The van der Waals surface area contributed by atoms with Crippen LogP contribution in [-0.4, -0.2) is 39.5 Å². The van der Waals surface area contributed by atoms with Crippen molar-refractivity contribution in [2.75, 3.05) is 0 Å². The molecule has 1 fully saturated rings. The van der Waals surface area contributed by atoms with Crippen LogP contribution in [0.15, 0.2) is 0 Å². The zero-order valence-electron chi connectivity index (χ0n) is 10.3. The Morgan fingerprint density at radius 1 is 1.41 bits per heavy atom. The fourth-order valence-electron chi connectivity index (χ4n) is 1.88. The summed E-state index contributed by atoms with van der Waals surface area (Å²) in [7, 11) is 0. The average molecular weight is 245 g/mol. The van der Waals surface area contributed by atoms with Gasteiger partial charge in [0.1, 0.15) is 11.1 Å². The van der Waals surface area contributed by atoms with E-state index in [1.54, 1.807) is 20.8 Å². The molecule has 3 N–H and O–H groups in total. The minimum Gasteiger partial charge on any atom is -0.480 e. The number of aliphatic hydroxyl groups excluding tert-OH is 1. The molecule has 0 bridgehead atoms. The molecule has 1 aliphatic carbocycles. The SMILES string of the molecule is CC(C)(C)OC(=O)NC1(C(=O)O)CCC(O)C1. The van der Waals surface area contributed by atoms with Crippen LogP contribution in [0.25, 0.3) is 0 Å². The van der Waals surface area contributed by atoms with Crippen LogP contribution in [0.2, 0.25) is 0 Å². The van der Waals surface area contributed by atoms with Gasteiger partial charge in [0.05, 0.1) is 6.10 Å². The molecule has 0 saturated heterocycles. The third kappa shape index (κ3) is 3.59. The van der Waals surface area contributed by atoms with Crippen molar-refractivity contribution >= 4 is 12.1 Å². The van der Waals surface area contributed by atoms with Gasteiger partial charge >= 0.3 is 12.1 Å². The molecule has 1 amide bonds. The van der Waals surface area contributed by atoms with Crippen LogP contribution < -0.4 is 5.32 Å². The van der Waals surface area contributed by atoms with Crippen LogP contribution in [-0.2, 0) is 9.53 Å². The van der Waals surface area contributed by atoms with E-state index in [9.17, 15) is 14.7 Å². The maximum absolute atomic E-state index is 11.6. The van der Waals surface area contributed by atoms with Gasteiger partial charge in [-0.2, -0.15) is 0 Å². The lowest BCUT2D eigenvalue weighted by Gasteiger charge is -2.27. The Bertz CT molecular complexity index is 322. The predicted molar refractivity (Wildman–Crippen MR) is 59.6 cm³/mol. The van der Waals surface area contributed by atoms with Crippen LogP contribution >= 0.6 is 0 Å². The van der Waals surface area contributed by atoms with Crippen molar-refractivity contribution in [3.63, 3.8) is 0 Å². The Balaban J connectivity index is 2.69. The quantitative estimate of drug-likeness (QED) is 0.671. The summed E-state index contributed by atoms with van der Waals surface area (Å²) in [4.78, 5) is 22.7. The number of hydrogen-bond acceptors (Lipinski definition) is 4. The van der Waals surface area contributed by atoms with Gasteiger partial charge < -0.3 is 20.3 Å². The van der Waals surface area contributed by atoms with E-state index in [0.29, 0.717) is 6.42 Å². The largest absolute Gasteiger partial charge is 0.480 e. The molecule has 0 spiro atoms. The van der Waals surface area contributed by atoms with Crippen LogP contribution in [0.1, 0.15) is 40.0 Å². The van der Waals surface area contributed by atoms with Crippen LogP contribution in [0.4, 0.5) is 4.79 Å². The molecule has 0 aromatic rings. The fraction of sp³-hybridized carbons (Fsp3) is 0.818. The van der Waals surface area contributed by atoms with Crippen molar-refractivity contribution in [1.82, 2.24) is 5.32 Å². The molecule has 17 heavy (non-hydrogen) atoms. The molecule has 0 aromatic carbocycles. The lowest BCUT2D eigenvalue weighted by molar-refractivity contribution is -0.145. The van der Waals surface area contributed by atoms with E-state index in [-0.39, 0.29) is 12.8 Å². The highest BCUT2D eigenvalue weighted by Gasteiger charge is 2.47. The van der Waals surface area contributed by atoms with E-state index in [1.165, 1.54) is 0 Å². The van der Waals surface area contributed by atoms with Crippen molar-refractivity contribution in [1.29, 1.82) is 0 Å². The van der Waals surface area contributed by atoms with Gasteiger partial charge in [-0.3, -0.25) is 0 Å². The Hall–Kier alpha value is -1.30. The van der Waals surface area contributed by atoms with Gasteiger partial charge in [-0.05, 0) is 33.6 Å². The van der Waals surface area contributed by atoms with Gasteiger partial charge in [0, 0.05) is 6.42 Å². The number of hydrogen-bond donors (Lipinski definition) is 3. The van der Waals surface area contributed by atoms with Crippen molar-refractivity contribution in [3.05, 3.63) is 0 Å². The number of rotatable bonds is 2. The van der Waals surface area contributed by atoms with E-state index in [2.05, 4.69) is 5.32 Å². The molecule has 1 aliphatic rings. The minimum atomic E-state index is -1.40. The Morgan fingerprint density at radius 3 is 2.35 bits per heavy atom. The average Bonchev–Trinajstić information content (AvgIpc) is 2.44. The van der Waals surface area contributed by atoms with E-state index < -0.39 is 29.3 Å². The third-order valence-corrected chi connectivity index (χ3v) is 2.64. The number of carboxylic acid groups (broad SMARTS) is 1. The van der Waals surface area contributed by atoms with Crippen LogP contribution in [0.3, 0.4) is 0 Å². The first-order chi connectivity index (χ1) is 7.65. The zero-order chi connectivity index (χ0) is 13.3. The number of alkyl carbamates (subject to hydrolysis) is 1. The van der Waals surface area contributed by atoms with Crippen molar-refractivity contribution in [2.24, 2.45) is 0 Å². The summed E-state index contributed by atoms with van der Waals surface area (Å²) >= 11 is 0. The van der Waals surface area contributed by atoms with Crippen LogP contribution in [0, 0.1) is 0 Å². The summed E-state index contributed by atoms with van der Waals surface area (Å²) in [5.74, 6) is -1.14. The highest BCUT2D eigenvalue weighted by atomic mass is 16.6. The van der Waals surface area contributed by atoms with Crippen molar-refractivity contribution < 1.29 is 24.5 Å². The van der Waals surface area contributed by atoms with E-state index >= 15 is 0 Å². The van der Waals surface area contributed by atoms with E-state index in [1.807, 2.05) is 0 Å². The lowest BCUT2D eigenvalue weighted by atomic mass is 9.98. The first-order valence-corrected chi connectivity index (χ1v) is 5.57. The highest BCUT2D eigenvalue weighted by Crippen LogP contribution is 2.30. The number of ether oxygens (including phenoxy) is 1. The van der Waals surface area contributed by atoms with E-state index in [0.717, 1.165) is 0 Å². The molecule has 0 radical (unpaired) electrons. The normalized spacial score (nSPS) is 28.8. The van der Waals surface area contributed by atoms with E-state index in [4.69, 9.17) is 9.84 Å². The third-order valence-electron chi connectivity index (χ3n) is 2.64. The van der Waals surface area contributed by atoms with Gasteiger partial charge in [-0.1, -0.05) is 0 Å². The minimum absolute atomic E-state index is 0.0155. The monoisotopic (exact) mass is 245 g/mol. The molecular weight excluding hydrogens is 226 g/mol. The van der Waals surface area contributed by atoms with Gasteiger partial charge in [-0.25, -0.2) is 9.59 Å². The molecule has 6 heteroatoms. The summed E-state index contributed by atoms with van der Waals surface area (Å²) in [6, 6.07) is 0. The fourth-order valence-corrected chi connectivity index (χ4v) is 1.88. The van der Waals surface area contributed by atoms with Gasteiger partial charge in [-0.15, -0.1) is 0 Å². The van der Waals surface area contributed by atoms with Crippen molar-refractivity contribution in [2.45, 2.75) is 57.3 Å². The molecule has 6 nitrogen and oxygen atoms in total. The Kier molecular flexibility index (Phi) is 3.66. The van der Waals surface area contributed by atoms with Gasteiger partial charge in [0.25, 0.3) is 0 Å². The second kappa shape index (κ2) is 4.52. The molecule has 2 atom stereocenters. The molecule has 98 valence electrons. The second-order valence-electron chi connectivity index (χ2n) is 5.41. The number of carbonyl (C=O) groups is 2. The number of carboxylic acids is 1. The Labute approximate surface area is 100.0 Å². The van der Waals surface area contributed by atoms with Gasteiger partial charge in [0.2, 0.25) is 0 Å². The molecule has 2 unspecified atom stereocenters. The zero-order valence-corrected chi connectivity index (χ0v) is 10.3. The smallest absolute Gasteiger partial charge is 0.408 e. The molecule has 1 saturated carbocycles. The summed E-state index contributed by atoms with van der Waals surface area (Å²) in [6.07, 6.45) is -0.873. The molecule has 0 heterocycles. The maximum Gasteiger partial charge on any atom is 0.408 e. The standard InChI is InChI=1S/C11H19NO5/c1-10(2,3)17-9(16)12-11(8(14)15)5-4-7(13)6-11/h7,13H,4-6H2,1-3H3,(H,12,16)(H,14,15). The topological polar surface area (TPSA) is 95.9 Å². The molecule has 1 rings (SSSR count). The van der Waals surface area contributed by atoms with Crippen LogP contribution in [0.5, 0.6) is 0 Å². The molecule has 0 aliphatic heterocycles. The van der Waals surface area contributed by atoms with Crippen molar-refractivity contribution in [3.8, 4) is 0 Å². The predicted octanol–water partition coefficient (Wildman–Crippen LogP) is 0.879. The first-order valence-electron chi connectivity index (χ1n) is 5.57. The first kappa shape index (κ1) is 13.8. The number of aliphatic carboxylic acids is 1. The molecular formula is C11H19NO5. The summed E-state index contributed by atoms with van der Waals surface area (Å²) in [5, 5.41) is 20.9. The maximum atomic E-state index is 11.6. The summed E-state index contributed by atoms with van der Waals surface area (Å²) < 4.78 is 5.02. The number of nitrogens with one attached hydrogen (secondary N) is 1. The number of aliphatic hydroxyl groups is 1. The summed E-state index contributed by atoms with van der Waals surface area (Å²) in [5.41, 5.74) is -2.08. The Morgan fingerprint density at radius 2 is 2.00 bits per heavy atom. The molecule has 0 aromatic heterocycles. The second-order valence-corrected chi connectivity index (χ2v) is 5.41. The number of carbonyl (C=O) groups excluding carboxylic acids is 1. The highest BCUT2D eigenvalue weighted by molar-refractivity contribution is 5.84. The van der Waals surface area contributed by atoms with Gasteiger partial charge in [0.15, 0.2) is 0 Å².